The number of methoxy groups -OCH3 is 1. The Hall–Kier alpha value is -1.88. The highest BCUT2D eigenvalue weighted by Gasteiger charge is 2.14. The predicted molar refractivity (Wildman–Crippen MR) is 67.8 cm³/mol. The monoisotopic (exact) mass is 248 g/mol. The summed E-state index contributed by atoms with van der Waals surface area (Å²) in [4.78, 5) is 16.0. The molecule has 0 fully saturated rings. The van der Waals surface area contributed by atoms with Crippen LogP contribution in [0.2, 0.25) is 0 Å². The molecule has 0 aliphatic rings. The van der Waals surface area contributed by atoms with Gasteiger partial charge in [0.2, 0.25) is 0 Å². The Balaban J connectivity index is 2.28. The summed E-state index contributed by atoms with van der Waals surface area (Å²) in [5.41, 5.74) is 1.45. The lowest BCUT2D eigenvalue weighted by molar-refractivity contribution is 0.102. The number of aryl methyl sites for hydroxylation is 1. The minimum Gasteiger partial charge on any atom is -0.496 e. The normalized spacial score (nSPS) is 10.0. The molecular weight excluding hydrogens is 236 g/mol. The zero-order chi connectivity index (χ0) is 12.3. The van der Waals surface area contributed by atoms with Crippen molar-refractivity contribution in [1.82, 2.24) is 4.98 Å². The summed E-state index contributed by atoms with van der Waals surface area (Å²) < 4.78 is 5.24. The van der Waals surface area contributed by atoms with E-state index in [-0.39, 0.29) is 5.91 Å². The molecule has 0 aliphatic carbocycles. The lowest BCUT2D eigenvalue weighted by atomic mass is 10.1. The van der Waals surface area contributed by atoms with E-state index in [1.165, 1.54) is 11.3 Å². The zero-order valence-corrected chi connectivity index (χ0v) is 10.4. The van der Waals surface area contributed by atoms with Crippen molar-refractivity contribution in [1.29, 1.82) is 0 Å². The van der Waals surface area contributed by atoms with Gasteiger partial charge in [0.25, 0.3) is 5.91 Å². The molecule has 2 rings (SSSR count). The first-order valence-corrected chi connectivity index (χ1v) is 5.95. The topological polar surface area (TPSA) is 51.2 Å². The number of hydrogen-bond donors (Lipinski definition) is 1. The fourth-order valence-electron chi connectivity index (χ4n) is 1.55. The summed E-state index contributed by atoms with van der Waals surface area (Å²) >= 11 is 1.38. The van der Waals surface area contributed by atoms with Crippen molar-refractivity contribution in [2.45, 2.75) is 6.92 Å². The van der Waals surface area contributed by atoms with Crippen LogP contribution >= 0.6 is 11.3 Å². The third-order valence-electron chi connectivity index (χ3n) is 2.31. The first-order chi connectivity index (χ1) is 8.22. The molecule has 1 N–H and O–H groups in total. The molecule has 0 spiro atoms. The van der Waals surface area contributed by atoms with Gasteiger partial charge in [0.15, 0.2) is 5.13 Å². The van der Waals surface area contributed by atoms with E-state index in [2.05, 4.69) is 10.3 Å². The highest BCUT2D eigenvalue weighted by atomic mass is 32.1. The number of hydrogen-bond acceptors (Lipinski definition) is 4. The van der Waals surface area contributed by atoms with Crippen LogP contribution in [0.15, 0.2) is 29.8 Å². The van der Waals surface area contributed by atoms with Crippen molar-refractivity contribution < 1.29 is 9.53 Å². The molecular formula is C12H12N2O2S. The standard InChI is InChI=1S/C12H12N2O2S/c1-8-4-3-5-9(10(8)16-2)11(15)14-12-13-6-7-17-12/h3-7H,1-2H3,(H,13,14,15). The zero-order valence-electron chi connectivity index (χ0n) is 9.56. The Morgan fingerprint density at radius 2 is 2.29 bits per heavy atom. The van der Waals surface area contributed by atoms with E-state index in [1.807, 2.05) is 24.4 Å². The molecule has 0 unspecified atom stereocenters. The van der Waals surface area contributed by atoms with Gasteiger partial charge in [-0.3, -0.25) is 10.1 Å². The Labute approximate surface area is 103 Å². The lowest BCUT2D eigenvalue weighted by Crippen LogP contribution is -2.13. The lowest BCUT2D eigenvalue weighted by Gasteiger charge is -2.10. The van der Waals surface area contributed by atoms with E-state index in [0.29, 0.717) is 16.4 Å². The molecule has 1 aromatic heterocycles. The molecule has 1 aromatic carbocycles. The van der Waals surface area contributed by atoms with Gasteiger partial charge in [0.05, 0.1) is 12.7 Å². The average molecular weight is 248 g/mol. The molecule has 0 saturated heterocycles. The van der Waals surface area contributed by atoms with E-state index >= 15 is 0 Å². The Morgan fingerprint density at radius 3 is 2.94 bits per heavy atom. The average Bonchev–Trinajstić information content (AvgIpc) is 2.81. The van der Waals surface area contributed by atoms with Crippen LogP contribution in [0.4, 0.5) is 5.13 Å². The summed E-state index contributed by atoms with van der Waals surface area (Å²) in [5.74, 6) is 0.391. The minimum atomic E-state index is -0.208. The van der Waals surface area contributed by atoms with E-state index in [1.54, 1.807) is 19.4 Å². The highest BCUT2D eigenvalue weighted by Crippen LogP contribution is 2.24. The number of anilines is 1. The number of ether oxygens (including phenoxy) is 1. The molecule has 0 bridgehead atoms. The molecule has 0 radical (unpaired) electrons. The number of nitrogens with one attached hydrogen (secondary N) is 1. The van der Waals surface area contributed by atoms with Crippen molar-refractivity contribution in [3.63, 3.8) is 0 Å². The Kier molecular flexibility index (Phi) is 3.39. The van der Waals surface area contributed by atoms with Crippen LogP contribution in [-0.4, -0.2) is 18.0 Å². The Bertz CT molecular complexity index is 523. The number of amides is 1. The van der Waals surface area contributed by atoms with Gasteiger partial charge >= 0.3 is 0 Å². The van der Waals surface area contributed by atoms with Gasteiger partial charge in [0, 0.05) is 11.6 Å². The van der Waals surface area contributed by atoms with Crippen LogP contribution in [0.25, 0.3) is 0 Å². The molecule has 2 aromatic rings. The quantitative estimate of drug-likeness (QED) is 0.908. The first kappa shape index (κ1) is 11.6. The smallest absolute Gasteiger partial charge is 0.261 e. The van der Waals surface area contributed by atoms with Crippen LogP contribution in [0.3, 0.4) is 0 Å². The summed E-state index contributed by atoms with van der Waals surface area (Å²) in [6, 6.07) is 5.46. The van der Waals surface area contributed by atoms with Crippen molar-refractivity contribution >= 4 is 22.4 Å². The maximum Gasteiger partial charge on any atom is 0.261 e. The summed E-state index contributed by atoms with van der Waals surface area (Å²) in [7, 11) is 1.56. The van der Waals surface area contributed by atoms with Gasteiger partial charge in [-0.05, 0) is 18.6 Å². The van der Waals surface area contributed by atoms with Gasteiger partial charge in [-0.1, -0.05) is 12.1 Å². The number of aromatic nitrogens is 1. The van der Waals surface area contributed by atoms with Gasteiger partial charge in [0.1, 0.15) is 5.75 Å². The number of carbonyl (C=O) groups is 1. The predicted octanol–water partition coefficient (Wildman–Crippen LogP) is 2.71. The van der Waals surface area contributed by atoms with Crippen molar-refractivity contribution in [3.05, 3.63) is 40.9 Å². The second-order valence-electron chi connectivity index (χ2n) is 3.45. The Morgan fingerprint density at radius 1 is 1.47 bits per heavy atom. The molecule has 4 nitrogen and oxygen atoms in total. The molecule has 0 aliphatic heterocycles. The van der Waals surface area contributed by atoms with Crippen LogP contribution in [0, 0.1) is 6.92 Å². The fraction of sp³-hybridized carbons (Fsp3) is 0.167. The van der Waals surface area contributed by atoms with Crippen LogP contribution < -0.4 is 10.1 Å². The van der Waals surface area contributed by atoms with E-state index in [9.17, 15) is 4.79 Å². The van der Waals surface area contributed by atoms with Crippen molar-refractivity contribution in [2.75, 3.05) is 12.4 Å². The first-order valence-electron chi connectivity index (χ1n) is 5.07. The molecule has 0 saturated carbocycles. The van der Waals surface area contributed by atoms with E-state index < -0.39 is 0 Å². The number of para-hydroxylation sites is 1. The number of nitrogens with zero attached hydrogens (tertiary/aromatic N) is 1. The van der Waals surface area contributed by atoms with Gasteiger partial charge in [-0.2, -0.15) is 0 Å². The second-order valence-corrected chi connectivity index (χ2v) is 4.34. The molecule has 5 heteroatoms. The highest BCUT2D eigenvalue weighted by molar-refractivity contribution is 7.13. The molecule has 17 heavy (non-hydrogen) atoms. The summed E-state index contributed by atoms with van der Waals surface area (Å²) in [6.45, 7) is 1.90. The van der Waals surface area contributed by atoms with Crippen LogP contribution in [-0.2, 0) is 0 Å². The van der Waals surface area contributed by atoms with E-state index in [0.717, 1.165) is 5.56 Å². The van der Waals surface area contributed by atoms with Gasteiger partial charge in [-0.25, -0.2) is 4.98 Å². The largest absolute Gasteiger partial charge is 0.496 e. The maximum absolute atomic E-state index is 12.0. The number of rotatable bonds is 3. The molecule has 0 atom stereocenters. The van der Waals surface area contributed by atoms with Crippen molar-refractivity contribution in [2.24, 2.45) is 0 Å². The third-order valence-corrected chi connectivity index (χ3v) is 3.00. The molecule has 1 amide bonds. The number of thiazole rings is 1. The maximum atomic E-state index is 12.0. The van der Waals surface area contributed by atoms with Gasteiger partial charge < -0.3 is 4.74 Å². The number of benzene rings is 1. The number of carbonyl (C=O) groups excluding carboxylic acids is 1. The summed E-state index contributed by atoms with van der Waals surface area (Å²) in [6.07, 6.45) is 1.65. The van der Waals surface area contributed by atoms with Gasteiger partial charge in [-0.15, -0.1) is 11.3 Å². The van der Waals surface area contributed by atoms with Crippen LogP contribution in [0.1, 0.15) is 15.9 Å². The van der Waals surface area contributed by atoms with Crippen LogP contribution in [0.5, 0.6) is 5.75 Å². The third kappa shape index (κ3) is 2.45. The second kappa shape index (κ2) is 4.97. The van der Waals surface area contributed by atoms with Crippen molar-refractivity contribution in [3.8, 4) is 5.75 Å². The summed E-state index contributed by atoms with van der Waals surface area (Å²) in [5, 5.41) is 5.12. The minimum absolute atomic E-state index is 0.208. The van der Waals surface area contributed by atoms with E-state index in [4.69, 9.17) is 4.74 Å². The fourth-order valence-corrected chi connectivity index (χ4v) is 2.08. The molecule has 1 heterocycles. The SMILES string of the molecule is COc1c(C)cccc1C(=O)Nc1nccs1. The molecule has 88 valence electrons.